The van der Waals surface area contributed by atoms with Crippen LogP contribution in [0.2, 0.25) is 0 Å². The van der Waals surface area contributed by atoms with Gasteiger partial charge in [-0.05, 0) is 59.0 Å². The Labute approximate surface area is 155 Å². The molecule has 0 atom stereocenters. The monoisotopic (exact) mass is 462 g/mol. The Kier molecular flexibility index (Phi) is 6.40. The molecule has 132 valence electrons. The Morgan fingerprint density at radius 2 is 1.44 bits per heavy atom. The van der Waals surface area contributed by atoms with Gasteiger partial charge in [-0.25, -0.2) is 0 Å². The molecule has 0 aromatic heterocycles. The van der Waals surface area contributed by atoms with Gasteiger partial charge >= 0.3 is 6.18 Å². The average molecular weight is 462 g/mol. The van der Waals surface area contributed by atoms with Crippen molar-refractivity contribution in [1.82, 2.24) is 10.6 Å². The number of alkyl halides is 3. The van der Waals surface area contributed by atoms with Gasteiger partial charge in [-0.3, -0.25) is 9.59 Å². The lowest BCUT2D eigenvalue weighted by Gasteiger charge is -2.09. The fourth-order valence-electron chi connectivity index (χ4n) is 2.01. The van der Waals surface area contributed by atoms with Gasteiger partial charge in [0.05, 0.1) is 11.1 Å². The van der Waals surface area contributed by atoms with Crippen molar-refractivity contribution in [2.75, 3.05) is 13.1 Å². The second kappa shape index (κ2) is 8.32. The second-order valence-corrected chi connectivity index (χ2v) is 6.23. The van der Waals surface area contributed by atoms with Crippen molar-refractivity contribution in [3.63, 3.8) is 0 Å². The molecular weight excluding hydrogens is 448 g/mol. The van der Waals surface area contributed by atoms with Crippen LogP contribution < -0.4 is 10.6 Å². The lowest BCUT2D eigenvalue weighted by atomic mass is 10.1. The topological polar surface area (TPSA) is 58.2 Å². The molecule has 8 heteroatoms. The van der Waals surface area contributed by atoms with Crippen molar-refractivity contribution in [1.29, 1.82) is 0 Å². The largest absolute Gasteiger partial charge is 0.416 e. The zero-order valence-electron chi connectivity index (χ0n) is 12.9. The molecule has 0 spiro atoms. The molecule has 0 heterocycles. The van der Waals surface area contributed by atoms with Crippen LogP contribution >= 0.6 is 22.6 Å². The fraction of sp³-hybridized carbons (Fsp3) is 0.176. The van der Waals surface area contributed by atoms with Crippen LogP contribution in [0.4, 0.5) is 13.2 Å². The van der Waals surface area contributed by atoms with Crippen LogP contribution in [0.5, 0.6) is 0 Å². The van der Waals surface area contributed by atoms with Gasteiger partial charge in [-0.1, -0.05) is 12.1 Å². The van der Waals surface area contributed by atoms with Gasteiger partial charge in [0.15, 0.2) is 0 Å². The summed E-state index contributed by atoms with van der Waals surface area (Å²) in [7, 11) is 0. The van der Waals surface area contributed by atoms with Crippen molar-refractivity contribution in [2.45, 2.75) is 6.18 Å². The van der Waals surface area contributed by atoms with E-state index < -0.39 is 17.6 Å². The third-order valence-corrected chi connectivity index (χ3v) is 4.23. The summed E-state index contributed by atoms with van der Waals surface area (Å²) in [5.41, 5.74) is -0.150. The second-order valence-electron chi connectivity index (χ2n) is 5.07. The molecule has 0 saturated carbocycles. The quantitative estimate of drug-likeness (QED) is 0.529. The molecule has 4 nitrogen and oxygen atoms in total. The lowest BCUT2D eigenvalue weighted by molar-refractivity contribution is -0.137. The Balaban J connectivity index is 1.81. The van der Waals surface area contributed by atoms with Crippen molar-refractivity contribution >= 4 is 34.4 Å². The summed E-state index contributed by atoms with van der Waals surface area (Å²) in [5, 5.41) is 5.21. The SMILES string of the molecule is O=C(NCCNC(=O)c1ccccc1I)c1ccc(C(F)(F)F)cc1. The number of hydrogen-bond acceptors (Lipinski definition) is 2. The number of rotatable bonds is 5. The van der Waals surface area contributed by atoms with E-state index in [1.54, 1.807) is 12.1 Å². The Hall–Kier alpha value is -2.10. The maximum atomic E-state index is 12.5. The van der Waals surface area contributed by atoms with Crippen molar-refractivity contribution < 1.29 is 22.8 Å². The van der Waals surface area contributed by atoms with Crippen LogP contribution in [0, 0.1) is 3.57 Å². The molecule has 0 aliphatic carbocycles. The van der Waals surface area contributed by atoms with E-state index in [4.69, 9.17) is 0 Å². The van der Waals surface area contributed by atoms with Crippen LogP contribution in [-0.4, -0.2) is 24.9 Å². The minimum Gasteiger partial charge on any atom is -0.350 e. The number of carbonyl (C=O) groups excluding carboxylic acids is 2. The summed E-state index contributed by atoms with van der Waals surface area (Å²) in [6, 6.07) is 11.0. The first kappa shape index (κ1) is 19.2. The first-order valence-electron chi connectivity index (χ1n) is 7.27. The normalized spacial score (nSPS) is 11.0. The van der Waals surface area contributed by atoms with Gasteiger partial charge in [0.25, 0.3) is 11.8 Å². The smallest absolute Gasteiger partial charge is 0.350 e. The van der Waals surface area contributed by atoms with E-state index in [1.807, 2.05) is 12.1 Å². The highest BCUT2D eigenvalue weighted by atomic mass is 127. The van der Waals surface area contributed by atoms with Crippen LogP contribution in [-0.2, 0) is 6.18 Å². The molecule has 0 bridgehead atoms. The maximum Gasteiger partial charge on any atom is 0.416 e. The van der Waals surface area contributed by atoms with Crippen LogP contribution in [0.15, 0.2) is 48.5 Å². The predicted molar refractivity (Wildman–Crippen MR) is 95.3 cm³/mol. The molecule has 0 radical (unpaired) electrons. The highest BCUT2D eigenvalue weighted by Gasteiger charge is 2.30. The van der Waals surface area contributed by atoms with E-state index in [9.17, 15) is 22.8 Å². The Morgan fingerprint density at radius 1 is 0.880 bits per heavy atom. The van der Waals surface area contributed by atoms with E-state index in [1.165, 1.54) is 0 Å². The highest BCUT2D eigenvalue weighted by Crippen LogP contribution is 2.29. The average Bonchev–Trinajstić information content (AvgIpc) is 2.58. The lowest BCUT2D eigenvalue weighted by Crippen LogP contribution is -2.35. The molecule has 0 fully saturated rings. The zero-order valence-corrected chi connectivity index (χ0v) is 15.0. The van der Waals surface area contributed by atoms with Crippen LogP contribution in [0.1, 0.15) is 26.3 Å². The molecular formula is C17H14F3IN2O2. The van der Waals surface area contributed by atoms with E-state index in [2.05, 4.69) is 33.2 Å². The summed E-state index contributed by atoms with van der Waals surface area (Å²) in [6.45, 7) is 0.366. The maximum absolute atomic E-state index is 12.5. The molecule has 25 heavy (non-hydrogen) atoms. The molecule has 0 aliphatic rings. The van der Waals surface area contributed by atoms with Crippen molar-refractivity contribution in [3.05, 3.63) is 68.8 Å². The van der Waals surface area contributed by atoms with Gasteiger partial charge in [-0.2, -0.15) is 13.2 Å². The van der Waals surface area contributed by atoms with Gasteiger partial charge in [0, 0.05) is 22.2 Å². The molecule has 2 aromatic rings. The molecule has 2 N–H and O–H groups in total. The summed E-state index contributed by atoms with van der Waals surface area (Å²) in [5.74, 6) is -0.758. The Morgan fingerprint density at radius 3 is 2.00 bits per heavy atom. The number of carbonyl (C=O) groups is 2. The van der Waals surface area contributed by atoms with E-state index in [-0.39, 0.29) is 24.6 Å². The van der Waals surface area contributed by atoms with Gasteiger partial charge in [0.1, 0.15) is 0 Å². The molecule has 0 aliphatic heterocycles. The molecule has 2 rings (SSSR count). The van der Waals surface area contributed by atoms with Crippen LogP contribution in [0.3, 0.4) is 0 Å². The van der Waals surface area contributed by atoms with Crippen molar-refractivity contribution in [2.24, 2.45) is 0 Å². The van der Waals surface area contributed by atoms with Gasteiger partial charge in [-0.15, -0.1) is 0 Å². The number of halogens is 4. The number of hydrogen-bond donors (Lipinski definition) is 2. The molecule has 2 amide bonds. The Bertz CT molecular complexity index is 761. The summed E-state index contributed by atoms with van der Waals surface area (Å²) < 4.78 is 38.2. The highest BCUT2D eigenvalue weighted by molar-refractivity contribution is 14.1. The van der Waals surface area contributed by atoms with Crippen molar-refractivity contribution in [3.8, 4) is 0 Å². The van der Waals surface area contributed by atoms with E-state index >= 15 is 0 Å². The zero-order chi connectivity index (χ0) is 18.4. The minimum atomic E-state index is -4.44. The third-order valence-electron chi connectivity index (χ3n) is 3.29. The first-order chi connectivity index (χ1) is 11.8. The van der Waals surface area contributed by atoms with Gasteiger partial charge in [0.2, 0.25) is 0 Å². The standard InChI is InChI=1S/C17H14F3IN2O2/c18-17(19,20)12-7-5-11(6-8-12)15(24)22-9-10-23-16(25)13-3-1-2-4-14(13)21/h1-8H,9-10H2,(H,22,24)(H,23,25). The third kappa shape index (κ3) is 5.45. The fourth-order valence-corrected chi connectivity index (χ4v) is 2.64. The summed E-state index contributed by atoms with van der Waals surface area (Å²) in [6.07, 6.45) is -4.44. The van der Waals surface area contributed by atoms with Crippen LogP contribution in [0.25, 0.3) is 0 Å². The molecule has 0 saturated heterocycles. The summed E-state index contributed by atoms with van der Waals surface area (Å²) >= 11 is 2.05. The number of amides is 2. The molecule has 0 unspecified atom stereocenters. The number of benzene rings is 2. The van der Waals surface area contributed by atoms with E-state index in [0.29, 0.717) is 5.56 Å². The first-order valence-corrected chi connectivity index (χ1v) is 8.35. The molecule has 2 aromatic carbocycles. The minimum absolute atomic E-state index is 0.122. The van der Waals surface area contributed by atoms with Gasteiger partial charge < -0.3 is 10.6 Å². The number of nitrogens with one attached hydrogen (secondary N) is 2. The predicted octanol–water partition coefficient (Wildman–Crippen LogP) is 3.47. The van der Waals surface area contributed by atoms with E-state index in [0.717, 1.165) is 27.8 Å². The summed E-state index contributed by atoms with van der Waals surface area (Å²) in [4.78, 5) is 23.8.